The summed E-state index contributed by atoms with van der Waals surface area (Å²) < 4.78 is 26.2. The van der Waals surface area contributed by atoms with E-state index in [1.807, 2.05) is 6.92 Å². The molecule has 1 saturated heterocycles. The monoisotopic (exact) mass is 345 g/mol. The van der Waals surface area contributed by atoms with Crippen LogP contribution in [0.5, 0.6) is 0 Å². The molecule has 0 radical (unpaired) electrons. The fourth-order valence-electron chi connectivity index (χ4n) is 2.04. The Bertz CT molecular complexity index is 605. The SMILES string of the molecule is Cc1ccc(S(=O)(=O)N2C/C(=C/Br)C(C)(O)C2)cc1. The van der Waals surface area contributed by atoms with Crippen molar-refractivity contribution in [3.63, 3.8) is 0 Å². The van der Waals surface area contributed by atoms with Gasteiger partial charge in [0.25, 0.3) is 0 Å². The third-order valence-corrected chi connectivity index (χ3v) is 5.67. The minimum absolute atomic E-state index is 0.0701. The van der Waals surface area contributed by atoms with Gasteiger partial charge < -0.3 is 5.11 Å². The molecular weight excluding hydrogens is 330 g/mol. The number of hydrogen-bond donors (Lipinski definition) is 1. The summed E-state index contributed by atoms with van der Waals surface area (Å²) >= 11 is 3.17. The molecule has 0 spiro atoms. The van der Waals surface area contributed by atoms with Gasteiger partial charge in [-0.2, -0.15) is 4.31 Å². The van der Waals surface area contributed by atoms with E-state index in [1.165, 1.54) is 4.31 Å². The van der Waals surface area contributed by atoms with E-state index in [1.54, 1.807) is 36.2 Å². The summed E-state index contributed by atoms with van der Waals surface area (Å²) in [7, 11) is -3.56. The van der Waals surface area contributed by atoms with Crippen LogP contribution in [0.25, 0.3) is 0 Å². The van der Waals surface area contributed by atoms with Gasteiger partial charge >= 0.3 is 0 Å². The largest absolute Gasteiger partial charge is 0.384 e. The number of benzene rings is 1. The maximum atomic E-state index is 12.5. The van der Waals surface area contributed by atoms with E-state index in [9.17, 15) is 13.5 Å². The number of rotatable bonds is 2. The van der Waals surface area contributed by atoms with Crippen LogP contribution in [0.15, 0.2) is 39.7 Å². The molecule has 1 heterocycles. The Hall–Kier alpha value is -0.690. The van der Waals surface area contributed by atoms with E-state index in [2.05, 4.69) is 15.9 Å². The smallest absolute Gasteiger partial charge is 0.243 e. The quantitative estimate of drug-likeness (QED) is 0.892. The first kappa shape index (κ1) is 14.7. The highest BCUT2D eigenvalue weighted by Crippen LogP contribution is 2.31. The zero-order valence-corrected chi connectivity index (χ0v) is 13.2. The Kier molecular flexibility index (Phi) is 3.88. The van der Waals surface area contributed by atoms with Gasteiger partial charge in [-0.3, -0.25) is 0 Å². The Balaban J connectivity index is 2.35. The van der Waals surface area contributed by atoms with E-state index in [-0.39, 0.29) is 18.0 Å². The van der Waals surface area contributed by atoms with E-state index in [0.29, 0.717) is 5.57 Å². The molecule has 4 nitrogen and oxygen atoms in total. The lowest BCUT2D eigenvalue weighted by atomic mass is 10.0. The number of aliphatic hydroxyl groups is 1. The summed E-state index contributed by atoms with van der Waals surface area (Å²) in [5.41, 5.74) is 0.540. The van der Waals surface area contributed by atoms with Crippen molar-refractivity contribution in [2.24, 2.45) is 0 Å². The second-order valence-corrected chi connectivity index (χ2v) is 7.39. The fraction of sp³-hybridized carbons (Fsp3) is 0.385. The Morgan fingerprint density at radius 3 is 2.42 bits per heavy atom. The van der Waals surface area contributed by atoms with Crippen LogP contribution >= 0.6 is 15.9 Å². The van der Waals surface area contributed by atoms with Crippen LogP contribution in [-0.2, 0) is 10.0 Å². The molecule has 1 aromatic carbocycles. The van der Waals surface area contributed by atoms with Gasteiger partial charge in [-0.1, -0.05) is 33.6 Å². The van der Waals surface area contributed by atoms with Crippen LogP contribution in [0.2, 0.25) is 0 Å². The molecule has 1 unspecified atom stereocenters. The van der Waals surface area contributed by atoms with Crippen molar-refractivity contribution in [3.8, 4) is 0 Å². The Morgan fingerprint density at radius 2 is 1.95 bits per heavy atom. The van der Waals surface area contributed by atoms with Crippen molar-refractivity contribution < 1.29 is 13.5 Å². The van der Waals surface area contributed by atoms with E-state index < -0.39 is 15.6 Å². The van der Waals surface area contributed by atoms with Crippen LogP contribution in [0, 0.1) is 6.92 Å². The summed E-state index contributed by atoms with van der Waals surface area (Å²) in [4.78, 5) is 1.85. The van der Waals surface area contributed by atoms with Crippen molar-refractivity contribution in [2.45, 2.75) is 24.3 Å². The number of sulfonamides is 1. The Labute approximate surface area is 121 Å². The van der Waals surface area contributed by atoms with Crippen molar-refractivity contribution in [1.82, 2.24) is 4.31 Å². The third-order valence-electron chi connectivity index (χ3n) is 3.31. The van der Waals surface area contributed by atoms with Crippen molar-refractivity contribution in [1.29, 1.82) is 0 Å². The third kappa shape index (κ3) is 2.76. The van der Waals surface area contributed by atoms with Gasteiger partial charge in [0, 0.05) is 13.1 Å². The number of aryl methyl sites for hydroxylation is 1. The van der Waals surface area contributed by atoms with Gasteiger partial charge in [-0.05, 0) is 36.5 Å². The molecule has 1 aliphatic rings. The zero-order valence-electron chi connectivity index (χ0n) is 10.8. The van der Waals surface area contributed by atoms with Crippen molar-refractivity contribution in [3.05, 3.63) is 40.4 Å². The van der Waals surface area contributed by atoms with E-state index >= 15 is 0 Å². The highest BCUT2D eigenvalue weighted by Gasteiger charge is 2.42. The number of halogens is 1. The lowest BCUT2D eigenvalue weighted by Gasteiger charge is -2.19. The maximum absolute atomic E-state index is 12.5. The molecule has 6 heteroatoms. The van der Waals surface area contributed by atoms with Crippen LogP contribution in [0.1, 0.15) is 12.5 Å². The van der Waals surface area contributed by atoms with E-state index in [0.717, 1.165) is 5.56 Å². The lowest BCUT2D eigenvalue weighted by Crippen LogP contribution is -2.34. The topological polar surface area (TPSA) is 57.6 Å². The predicted molar refractivity (Wildman–Crippen MR) is 77.6 cm³/mol. The molecule has 0 amide bonds. The van der Waals surface area contributed by atoms with Gasteiger partial charge in [0.05, 0.1) is 10.5 Å². The molecule has 1 N–H and O–H groups in total. The second kappa shape index (κ2) is 5.01. The van der Waals surface area contributed by atoms with Crippen molar-refractivity contribution in [2.75, 3.05) is 13.1 Å². The molecule has 1 aromatic rings. The summed E-state index contributed by atoms with van der Waals surface area (Å²) in [5, 5.41) is 10.2. The summed E-state index contributed by atoms with van der Waals surface area (Å²) in [5.74, 6) is 0. The molecule has 19 heavy (non-hydrogen) atoms. The molecule has 1 aliphatic heterocycles. The molecule has 0 aromatic heterocycles. The summed E-state index contributed by atoms with van der Waals surface area (Å²) in [6.07, 6.45) is 0. The van der Waals surface area contributed by atoms with Crippen LogP contribution in [-0.4, -0.2) is 36.5 Å². The average molecular weight is 346 g/mol. The van der Waals surface area contributed by atoms with Gasteiger partial charge in [-0.15, -0.1) is 0 Å². The van der Waals surface area contributed by atoms with Gasteiger partial charge in [0.1, 0.15) is 0 Å². The van der Waals surface area contributed by atoms with Gasteiger partial charge in [0.15, 0.2) is 0 Å². The minimum Gasteiger partial charge on any atom is -0.384 e. The predicted octanol–water partition coefficient (Wildman–Crippen LogP) is 2.03. The number of hydrogen-bond acceptors (Lipinski definition) is 3. The molecular formula is C13H16BrNO3S. The maximum Gasteiger partial charge on any atom is 0.243 e. The fourth-order valence-corrected chi connectivity index (χ4v) is 4.19. The van der Waals surface area contributed by atoms with Crippen molar-refractivity contribution >= 4 is 26.0 Å². The molecule has 104 valence electrons. The standard InChI is InChI=1S/C13H16BrNO3S/c1-10-3-5-12(6-4-10)19(17,18)15-8-11(7-14)13(2,16)9-15/h3-7,16H,8-9H2,1-2H3/b11-7-. The van der Waals surface area contributed by atoms with Gasteiger partial charge in [-0.25, -0.2) is 8.42 Å². The summed E-state index contributed by atoms with van der Waals surface area (Å²) in [6.45, 7) is 3.79. The minimum atomic E-state index is -3.56. The first-order chi connectivity index (χ1) is 8.77. The van der Waals surface area contributed by atoms with Crippen LogP contribution < -0.4 is 0 Å². The normalized spacial score (nSPS) is 27.1. The van der Waals surface area contributed by atoms with Crippen LogP contribution in [0.4, 0.5) is 0 Å². The first-order valence-corrected chi connectivity index (χ1v) is 8.22. The number of β-amino-alcohol motifs (C(OH)–C–C–N with tert-alkyl or cyclic N) is 1. The van der Waals surface area contributed by atoms with Crippen LogP contribution in [0.3, 0.4) is 0 Å². The zero-order chi connectivity index (χ0) is 14.3. The van der Waals surface area contributed by atoms with E-state index in [4.69, 9.17) is 0 Å². The summed E-state index contributed by atoms with van der Waals surface area (Å²) in [6, 6.07) is 6.72. The number of nitrogens with zero attached hydrogens (tertiary/aromatic N) is 1. The molecule has 2 rings (SSSR count). The Morgan fingerprint density at radius 1 is 1.37 bits per heavy atom. The lowest BCUT2D eigenvalue weighted by molar-refractivity contribution is 0.109. The second-order valence-electron chi connectivity index (χ2n) is 4.99. The average Bonchev–Trinajstić information content (AvgIpc) is 2.65. The molecule has 0 aliphatic carbocycles. The highest BCUT2D eigenvalue weighted by atomic mass is 79.9. The molecule has 0 bridgehead atoms. The highest BCUT2D eigenvalue weighted by molar-refractivity contribution is 9.11. The molecule has 1 fully saturated rings. The molecule has 0 saturated carbocycles. The molecule has 1 atom stereocenters. The van der Waals surface area contributed by atoms with Gasteiger partial charge in [0.2, 0.25) is 10.0 Å². The first-order valence-electron chi connectivity index (χ1n) is 5.86.